The van der Waals surface area contributed by atoms with Gasteiger partial charge in [-0.25, -0.2) is 0 Å². The number of halogens is 4. The zero-order chi connectivity index (χ0) is 13.1. The van der Waals surface area contributed by atoms with Crippen molar-refractivity contribution in [3.63, 3.8) is 0 Å². The highest BCUT2D eigenvalue weighted by molar-refractivity contribution is 6.67. The monoisotopic (exact) mass is 320 g/mol. The zero-order valence-corrected chi connectivity index (χ0v) is 13.7. The van der Waals surface area contributed by atoms with Gasteiger partial charge in [0, 0.05) is 11.8 Å². The number of hydrogen-bond acceptors (Lipinski definition) is 0. The summed E-state index contributed by atoms with van der Waals surface area (Å²) in [5.74, 6) is 0. The van der Waals surface area contributed by atoms with Crippen LogP contribution in [0, 0.1) is 0 Å². The summed E-state index contributed by atoms with van der Waals surface area (Å²) >= 11 is 23.1. The van der Waals surface area contributed by atoms with E-state index in [1.54, 1.807) is 0 Å². The SMILES string of the molecule is CCCCCCCCCC[C@H](Cl)CC(Cl)(Cl)Cl. The fourth-order valence-corrected chi connectivity index (χ4v) is 3.03. The van der Waals surface area contributed by atoms with Crippen molar-refractivity contribution in [1.29, 1.82) is 0 Å². The molecule has 104 valence electrons. The van der Waals surface area contributed by atoms with Crippen molar-refractivity contribution >= 4 is 46.4 Å². The average Bonchev–Trinajstić information content (AvgIpc) is 2.19. The maximum Gasteiger partial charge on any atom is 0.192 e. The van der Waals surface area contributed by atoms with Crippen LogP contribution in [0.1, 0.15) is 71.1 Å². The lowest BCUT2D eigenvalue weighted by Gasteiger charge is -2.15. The molecule has 0 amide bonds. The van der Waals surface area contributed by atoms with Crippen molar-refractivity contribution in [1.82, 2.24) is 0 Å². The average molecular weight is 322 g/mol. The van der Waals surface area contributed by atoms with E-state index in [0.717, 1.165) is 12.8 Å². The Hall–Kier alpha value is 1.16. The van der Waals surface area contributed by atoms with Gasteiger partial charge in [-0.05, 0) is 6.42 Å². The quantitative estimate of drug-likeness (QED) is 0.303. The van der Waals surface area contributed by atoms with Crippen LogP contribution in [-0.2, 0) is 0 Å². The van der Waals surface area contributed by atoms with Crippen LogP contribution in [0.2, 0.25) is 0 Å². The maximum absolute atomic E-state index is 6.09. The lowest BCUT2D eigenvalue weighted by Crippen LogP contribution is -2.11. The van der Waals surface area contributed by atoms with Gasteiger partial charge in [0.15, 0.2) is 3.79 Å². The molecule has 0 heterocycles. The summed E-state index contributed by atoms with van der Waals surface area (Å²) < 4.78 is -1.20. The van der Waals surface area contributed by atoms with E-state index in [2.05, 4.69) is 6.92 Å². The van der Waals surface area contributed by atoms with E-state index < -0.39 is 3.79 Å². The second-order valence-corrected chi connectivity index (χ2v) is 7.81. The Morgan fingerprint density at radius 2 is 1.29 bits per heavy atom. The lowest BCUT2D eigenvalue weighted by molar-refractivity contribution is 0.553. The van der Waals surface area contributed by atoms with Gasteiger partial charge >= 0.3 is 0 Å². The Kier molecular flexibility index (Phi) is 11.8. The van der Waals surface area contributed by atoms with Gasteiger partial charge in [-0.1, -0.05) is 93.1 Å². The van der Waals surface area contributed by atoms with E-state index in [9.17, 15) is 0 Å². The van der Waals surface area contributed by atoms with Gasteiger partial charge < -0.3 is 0 Å². The molecule has 0 aliphatic heterocycles. The molecule has 0 saturated heterocycles. The first-order chi connectivity index (χ1) is 7.95. The van der Waals surface area contributed by atoms with Crippen LogP contribution < -0.4 is 0 Å². The smallest absolute Gasteiger partial charge is 0.123 e. The minimum absolute atomic E-state index is 0.0115. The number of unbranched alkanes of at least 4 members (excludes halogenated alkanes) is 7. The Morgan fingerprint density at radius 1 is 0.824 bits per heavy atom. The third kappa shape index (κ3) is 15.1. The molecule has 0 unspecified atom stereocenters. The molecule has 0 aliphatic rings. The van der Waals surface area contributed by atoms with Crippen molar-refractivity contribution in [2.45, 2.75) is 80.3 Å². The summed E-state index contributed by atoms with van der Waals surface area (Å²) in [6.07, 6.45) is 11.8. The summed E-state index contributed by atoms with van der Waals surface area (Å²) in [4.78, 5) is 0. The van der Waals surface area contributed by atoms with E-state index in [1.165, 1.54) is 44.9 Å². The van der Waals surface area contributed by atoms with Crippen LogP contribution in [0.3, 0.4) is 0 Å². The second kappa shape index (κ2) is 11.0. The fraction of sp³-hybridized carbons (Fsp3) is 1.00. The Morgan fingerprint density at radius 3 is 1.76 bits per heavy atom. The molecule has 0 aromatic carbocycles. The molecule has 0 N–H and O–H groups in total. The molecular formula is C13H24Cl4. The minimum atomic E-state index is -1.20. The Balaban J connectivity index is 3.22. The standard InChI is InChI=1S/C13H24Cl4/c1-2-3-4-5-6-7-8-9-10-12(14)11-13(15,16)17/h12H,2-11H2,1H3/t12-/m0/s1. The summed E-state index contributed by atoms with van der Waals surface area (Å²) in [6, 6.07) is 0. The van der Waals surface area contributed by atoms with Gasteiger partial charge in [0.25, 0.3) is 0 Å². The van der Waals surface area contributed by atoms with Crippen LogP contribution in [0.15, 0.2) is 0 Å². The maximum atomic E-state index is 6.09. The van der Waals surface area contributed by atoms with Crippen molar-refractivity contribution in [2.75, 3.05) is 0 Å². The highest BCUT2D eigenvalue weighted by Gasteiger charge is 2.23. The highest BCUT2D eigenvalue weighted by atomic mass is 35.6. The molecule has 0 bridgehead atoms. The van der Waals surface area contributed by atoms with Gasteiger partial charge in [0.1, 0.15) is 0 Å². The van der Waals surface area contributed by atoms with Crippen molar-refractivity contribution in [3.05, 3.63) is 0 Å². The van der Waals surface area contributed by atoms with Gasteiger partial charge in [0.05, 0.1) is 0 Å². The normalized spacial score (nSPS) is 13.9. The van der Waals surface area contributed by atoms with Gasteiger partial charge in [-0.15, -0.1) is 11.6 Å². The first-order valence-electron chi connectivity index (χ1n) is 6.66. The van der Waals surface area contributed by atoms with E-state index in [4.69, 9.17) is 46.4 Å². The minimum Gasteiger partial charge on any atom is -0.123 e. The third-order valence-corrected chi connectivity index (χ3v) is 3.66. The van der Waals surface area contributed by atoms with Crippen LogP contribution in [0.4, 0.5) is 0 Å². The van der Waals surface area contributed by atoms with Crippen LogP contribution >= 0.6 is 46.4 Å². The van der Waals surface area contributed by atoms with E-state index in [1.807, 2.05) is 0 Å². The van der Waals surface area contributed by atoms with E-state index in [0.29, 0.717) is 6.42 Å². The molecule has 4 heteroatoms. The van der Waals surface area contributed by atoms with Crippen molar-refractivity contribution in [2.24, 2.45) is 0 Å². The summed E-state index contributed by atoms with van der Waals surface area (Å²) in [7, 11) is 0. The molecular weight excluding hydrogens is 298 g/mol. The molecule has 0 aliphatic carbocycles. The van der Waals surface area contributed by atoms with Gasteiger partial charge in [-0.3, -0.25) is 0 Å². The predicted octanol–water partition coefficient (Wildman–Crippen LogP) is 6.88. The molecule has 0 radical (unpaired) electrons. The number of alkyl halides is 4. The molecule has 0 aromatic heterocycles. The largest absolute Gasteiger partial charge is 0.192 e. The molecule has 0 fully saturated rings. The Labute approximate surface area is 126 Å². The topological polar surface area (TPSA) is 0 Å². The lowest BCUT2D eigenvalue weighted by atomic mass is 10.1. The van der Waals surface area contributed by atoms with Gasteiger partial charge in [-0.2, -0.15) is 0 Å². The molecule has 0 rings (SSSR count). The number of hydrogen-bond donors (Lipinski definition) is 0. The molecule has 0 nitrogen and oxygen atoms in total. The van der Waals surface area contributed by atoms with E-state index >= 15 is 0 Å². The molecule has 17 heavy (non-hydrogen) atoms. The second-order valence-electron chi connectivity index (χ2n) is 4.68. The first kappa shape index (κ1) is 18.2. The molecule has 0 spiro atoms. The molecule has 0 saturated carbocycles. The van der Waals surface area contributed by atoms with Crippen LogP contribution in [-0.4, -0.2) is 9.17 Å². The zero-order valence-electron chi connectivity index (χ0n) is 10.7. The van der Waals surface area contributed by atoms with Crippen LogP contribution in [0.5, 0.6) is 0 Å². The van der Waals surface area contributed by atoms with Crippen molar-refractivity contribution in [3.8, 4) is 0 Å². The first-order valence-corrected chi connectivity index (χ1v) is 8.23. The summed E-state index contributed by atoms with van der Waals surface area (Å²) in [5.41, 5.74) is 0. The van der Waals surface area contributed by atoms with Gasteiger partial charge in [0.2, 0.25) is 0 Å². The third-order valence-electron chi connectivity index (χ3n) is 2.82. The molecule has 1 atom stereocenters. The molecule has 0 aromatic rings. The summed E-state index contributed by atoms with van der Waals surface area (Å²) in [6.45, 7) is 2.24. The summed E-state index contributed by atoms with van der Waals surface area (Å²) in [5, 5.41) is -0.0115. The van der Waals surface area contributed by atoms with E-state index in [-0.39, 0.29) is 5.38 Å². The highest BCUT2D eigenvalue weighted by Crippen LogP contribution is 2.34. The van der Waals surface area contributed by atoms with Crippen LogP contribution in [0.25, 0.3) is 0 Å². The Bertz CT molecular complexity index is 165. The van der Waals surface area contributed by atoms with Crippen molar-refractivity contribution < 1.29 is 0 Å². The predicted molar refractivity (Wildman–Crippen MR) is 81.8 cm³/mol. The fourth-order valence-electron chi connectivity index (χ4n) is 1.85. The number of rotatable bonds is 10.